The summed E-state index contributed by atoms with van der Waals surface area (Å²) < 4.78 is 35.8. The Hall–Kier alpha value is -3.91. The molecule has 0 unspecified atom stereocenters. The van der Waals surface area contributed by atoms with Crippen LogP contribution in [0.5, 0.6) is 11.5 Å². The summed E-state index contributed by atoms with van der Waals surface area (Å²) in [6.45, 7) is 0. The third-order valence-electron chi connectivity index (χ3n) is 4.58. The van der Waals surface area contributed by atoms with E-state index in [0.29, 0.717) is 22.2 Å². The quantitative estimate of drug-likeness (QED) is 0.456. The minimum absolute atomic E-state index is 0.00466. The SMILES string of the molecule is COc1ccc(S(=O)(=O)Oc2ccccc2NC(=O)c2ccnc3ccccc23)cc1. The van der Waals surface area contributed by atoms with Gasteiger partial charge in [0.1, 0.15) is 10.6 Å². The van der Waals surface area contributed by atoms with E-state index in [4.69, 9.17) is 8.92 Å². The number of benzene rings is 3. The fourth-order valence-corrected chi connectivity index (χ4v) is 3.98. The van der Waals surface area contributed by atoms with Crippen molar-refractivity contribution in [2.45, 2.75) is 4.90 Å². The second-order valence-corrected chi connectivity index (χ2v) is 8.09. The van der Waals surface area contributed by atoms with Gasteiger partial charge in [0.05, 0.1) is 23.9 Å². The van der Waals surface area contributed by atoms with E-state index in [1.807, 2.05) is 18.2 Å². The first-order valence-electron chi connectivity index (χ1n) is 9.30. The second kappa shape index (κ2) is 8.45. The molecule has 4 rings (SSSR count). The molecule has 1 aromatic heterocycles. The van der Waals surface area contributed by atoms with Crippen LogP contribution in [-0.2, 0) is 10.1 Å². The Bertz CT molecular complexity index is 1350. The normalized spacial score (nSPS) is 11.1. The highest BCUT2D eigenvalue weighted by atomic mass is 32.2. The summed E-state index contributed by atoms with van der Waals surface area (Å²) in [5.74, 6) is 0.123. The number of aromatic nitrogens is 1. The highest BCUT2D eigenvalue weighted by Gasteiger charge is 2.20. The fraction of sp³-hybridized carbons (Fsp3) is 0.0435. The number of nitrogens with zero attached hydrogens (tertiary/aromatic N) is 1. The molecule has 0 radical (unpaired) electrons. The summed E-state index contributed by atoms with van der Waals surface area (Å²) in [5, 5.41) is 3.42. The Morgan fingerprint density at radius 1 is 0.903 bits per heavy atom. The van der Waals surface area contributed by atoms with E-state index in [1.54, 1.807) is 36.5 Å². The van der Waals surface area contributed by atoms with Crippen LogP contribution in [-0.4, -0.2) is 26.4 Å². The van der Waals surface area contributed by atoms with Gasteiger partial charge in [0.25, 0.3) is 5.91 Å². The van der Waals surface area contributed by atoms with Crippen molar-refractivity contribution in [3.05, 3.63) is 90.6 Å². The van der Waals surface area contributed by atoms with Crippen molar-refractivity contribution in [3.63, 3.8) is 0 Å². The van der Waals surface area contributed by atoms with Crippen molar-refractivity contribution in [3.8, 4) is 11.5 Å². The first-order chi connectivity index (χ1) is 15.0. The standard InChI is InChI=1S/C23H18N2O5S/c1-29-16-10-12-17(13-11-16)31(27,28)30-22-9-5-4-8-21(22)25-23(26)19-14-15-24-20-7-3-2-6-18(19)20/h2-15H,1H3,(H,25,26). The lowest BCUT2D eigenvalue weighted by Crippen LogP contribution is -2.15. The van der Waals surface area contributed by atoms with Crippen LogP contribution in [0.25, 0.3) is 10.9 Å². The molecule has 4 aromatic rings. The number of ether oxygens (including phenoxy) is 1. The van der Waals surface area contributed by atoms with E-state index in [9.17, 15) is 13.2 Å². The number of carbonyl (C=O) groups excluding carboxylic acids is 1. The number of carbonyl (C=O) groups is 1. The summed E-state index contributed by atoms with van der Waals surface area (Å²) in [6, 6.07) is 21.0. The molecule has 3 aromatic carbocycles. The van der Waals surface area contributed by atoms with Crippen molar-refractivity contribution in [2.75, 3.05) is 12.4 Å². The van der Waals surface area contributed by atoms with Gasteiger partial charge in [-0.05, 0) is 48.5 Å². The van der Waals surface area contributed by atoms with Crippen LogP contribution < -0.4 is 14.2 Å². The van der Waals surface area contributed by atoms with E-state index in [-0.39, 0.29) is 16.3 Å². The van der Waals surface area contributed by atoms with Crippen molar-refractivity contribution in [1.82, 2.24) is 4.98 Å². The highest BCUT2D eigenvalue weighted by molar-refractivity contribution is 7.87. The summed E-state index contributed by atoms with van der Waals surface area (Å²) in [7, 11) is -2.62. The van der Waals surface area contributed by atoms with Crippen LogP contribution in [0.15, 0.2) is 90.0 Å². The Balaban J connectivity index is 1.62. The molecule has 0 atom stereocenters. The van der Waals surface area contributed by atoms with Crippen molar-refractivity contribution >= 4 is 32.6 Å². The van der Waals surface area contributed by atoms with E-state index >= 15 is 0 Å². The van der Waals surface area contributed by atoms with Gasteiger partial charge in [0, 0.05) is 11.6 Å². The first-order valence-corrected chi connectivity index (χ1v) is 10.7. The van der Waals surface area contributed by atoms with E-state index in [1.165, 1.54) is 37.4 Å². The smallest absolute Gasteiger partial charge is 0.339 e. The third-order valence-corrected chi connectivity index (χ3v) is 5.83. The van der Waals surface area contributed by atoms with Crippen LogP contribution in [0.1, 0.15) is 10.4 Å². The van der Waals surface area contributed by atoms with Gasteiger partial charge in [-0.2, -0.15) is 8.42 Å². The number of rotatable bonds is 6. The number of fused-ring (bicyclic) bond motifs is 1. The molecular weight excluding hydrogens is 416 g/mol. The summed E-state index contributed by atoms with van der Waals surface area (Å²) >= 11 is 0. The maximum absolute atomic E-state index is 12.9. The molecule has 0 fully saturated rings. The zero-order valence-electron chi connectivity index (χ0n) is 16.5. The maximum atomic E-state index is 12.9. The molecule has 1 N–H and O–H groups in total. The molecule has 0 bridgehead atoms. The van der Waals surface area contributed by atoms with Gasteiger partial charge >= 0.3 is 10.1 Å². The predicted octanol–water partition coefficient (Wildman–Crippen LogP) is 4.26. The third kappa shape index (κ3) is 4.34. The molecule has 156 valence electrons. The van der Waals surface area contributed by atoms with Gasteiger partial charge in [0.2, 0.25) is 0 Å². The van der Waals surface area contributed by atoms with Gasteiger partial charge < -0.3 is 14.2 Å². The van der Waals surface area contributed by atoms with Crippen LogP contribution in [0, 0.1) is 0 Å². The number of hydrogen-bond donors (Lipinski definition) is 1. The largest absolute Gasteiger partial charge is 0.497 e. The number of pyridine rings is 1. The Morgan fingerprint density at radius 3 is 2.39 bits per heavy atom. The minimum atomic E-state index is -4.11. The zero-order valence-corrected chi connectivity index (χ0v) is 17.3. The first kappa shape index (κ1) is 20.4. The molecule has 0 saturated carbocycles. The van der Waals surface area contributed by atoms with Crippen molar-refractivity contribution in [1.29, 1.82) is 0 Å². The molecule has 0 saturated heterocycles. The molecule has 0 spiro atoms. The van der Waals surface area contributed by atoms with Crippen LogP contribution >= 0.6 is 0 Å². The molecule has 1 amide bonds. The lowest BCUT2D eigenvalue weighted by Gasteiger charge is -2.13. The summed E-state index contributed by atoms with van der Waals surface area (Å²) in [5.41, 5.74) is 1.32. The van der Waals surface area contributed by atoms with Gasteiger partial charge in [-0.3, -0.25) is 9.78 Å². The van der Waals surface area contributed by atoms with E-state index < -0.39 is 16.0 Å². The fourth-order valence-electron chi connectivity index (χ4n) is 3.03. The molecule has 0 aliphatic carbocycles. The van der Waals surface area contributed by atoms with Gasteiger partial charge in [-0.1, -0.05) is 30.3 Å². The number of anilines is 1. The van der Waals surface area contributed by atoms with Crippen molar-refractivity contribution in [2.24, 2.45) is 0 Å². The van der Waals surface area contributed by atoms with Crippen LogP contribution in [0.4, 0.5) is 5.69 Å². The van der Waals surface area contributed by atoms with Gasteiger partial charge in [-0.25, -0.2) is 0 Å². The number of methoxy groups -OCH3 is 1. The maximum Gasteiger partial charge on any atom is 0.339 e. The molecule has 31 heavy (non-hydrogen) atoms. The Morgan fingerprint density at radius 2 is 1.61 bits per heavy atom. The highest BCUT2D eigenvalue weighted by Crippen LogP contribution is 2.29. The van der Waals surface area contributed by atoms with Crippen LogP contribution in [0.3, 0.4) is 0 Å². The number of amides is 1. The van der Waals surface area contributed by atoms with Gasteiger partial charge in [0.15, 0.2) is 5.75 Å². The van der Waals surface area contributed by atoms with Crippen molar-refractivity contribution < 1.29 is 22.1 Å². The van der Waals surface area contributed by atoms with E-state index in [2.05, 4.69) is 10.3 Å². The Labute approximate surface area is 179 Å². The predicted molar refractivity (Wildman–Crippen MR) is 117 cm³/mol. The average molecular weight is 434 g/mol. The minimum Gasteiger partial charge on any atom is -0.497 e. The molecular formula is C23H18N2O5S. The molecule has 8 heteroatoms. The molecule has 0 aliphatic heterocycles. The molecule has 1 heterocycles. The average Bonchev–Trinajstić information content (AvgIpc) is 2.80. The van der Waals surface area contributed by atoms with E-state index in [0.717, 1.165) is 0 Å². The Kier molecular flexibility index (Phi) is 5.55. The van der Waals surface area contributed by atoms with Crippen LogP contribution in [0.2, 0.25) is 0 Å². The number of hydrogen-bond acceptors (Lipinski definition) is 6. The molecule has 0 aliphatic rings. The number of para-hydroxylation sites is 3. The topological polar surface area (TPSA) is 94.6 Å². The lowest BCUT2D eigenvalue weighted by molar-refractivity contribution is 0.102. The summed E-state index contributed by atoms with van der Waals surface area (Å²) in [6.07, 6.45) is 1.55. The monoisotopic (exact) mass is 434 g/mol. The lowest BCUT2D eigenvalue weighted by atomic mass is 10.1. The van der Waals surface area contributed by atoms with Gasteiger partial charge in [-0.15, -0.1) is 0 Å². The molecule has 7 nitrogen and oxygen atoms in total. The second-order valence-electron chi connectivity index (χ2n) is 6.54. The summed E-state index contributed by atoms with van der Waals surface area (Å²) in [4.78, 5) is 17.1. The zero-order chi connectivity index (χ0) is 21.8. The number of nitrogens with one attached hydrogen (secondary N) is 1.